The second-order valence-electron chi connectivity index (χ2n) is 9.58. The number of benzene rings is 3. The summed E-state index contributed by atoms with van der Waals surface area (Å²) in [4.78, 5) is 16.5. The molecular weight excluding hydrogens is 643 g/mol. The second-order valence-corrected chi connectivity index (χ2v) is 10.8. The van der Waals surface area contributed by atoms with Crippen molar-refractivity contribution in [2.24, 2.45) is 0 Å². The summed E-state index contributed by atoms with van der Waals surface area (Å²) >= 11 is 10.4. The molecule has 1 aromatic heterocycles. The van der Waals surface area contributed by atoms with Crippen LogP contribution in [0.1, 0.15) is 30.5 Å². The van der Waals surface area contributed by atoms with Crippen LogP contribution in [0, 0.1) is 0 Å². The van der Waals surface area contributed by atoms with Crippen molar-refractivity contribution in [2.45, 2.75) is 45.8 Å². The number of hydrogen-bond acceptors (Lipinski definition) is 7. The van der Waals surface area contributed by atoms with Crippen LogP contribution in [0.5, 0.6) is 11.5 Å². The average Bonchev–Trinajstić information content (AvgIpc) is 2.97. The fraction of sp³-hybridized carbons (Fsp3) is 0.250. The maximum absolute atomic E-state index is 12.4. The first-order valence-corrected chi connectivity index (χ1v) is 14.4. The van der Waals surface area contributed by atoms with Gasteiger partial charge in [-0.05, 0) is 53.0 Å². The van der Waals surface area contributed by atoms with Gasteiger partial charge in [-0.15, -0.1) is 12.4 Å². The monoisotopic (exact) mass is 674 g/mol. The number of nitrogens with one attached hydrogen (secondary N) is 1. The normalized spacial score (nSPS) is 11.5. The van der Waals surface area contributed by atoms with Crippen LogP contribution in [0.4, 0.5) is 0 Å². The van der Waals surface area contributed by atoms with E-state index in [1.165, 1.54) is 0 Å². The van der Waals surface area contributed by atoms with Gasteiger partial charge in [-0.3, -0.25) is 15.1 Å². The van der Waals surface area contributed by atoms with Gasteiger partial charge >= 0.3 is 5.97 Å². The summed E-state index contributed by atoms with van der Waals surface area (Å²) in [5.74, 6) is 0.438. The van der Waals surface area contributed by atoms with Gasteiger partial charge in [0.1, 0.15) is 30.8 Å². The van der Waals surface area contributed by atoms with E-state index in [-0.39, 0.29) is 38.3 Å². The fourth-order valence-corrected chi connectivity index (χ4v) is 4.91. The molecule has 0 bridgehead atoms. The molecule has 0 aliphatic heterocycles. The molecule has 222 valence electrons. The molecule has 0 saturated heterocycles. The first-order valence-electron chi connectivity index (χ1n) is 13.2. The SMILES string of the molecule is CC(C)OC(=O)[C@H](CO)NCc1cc(Cl)c(OCc2cccc(-c3ccccc3)c2Br)cc1OCc1cccnc1.Cl. The first-order chi connectivity index (χ1) is 19.9. The Morgan fingerprint density at radius 1 is 0.976 bits per heavy atom. The summed E-state index contributed by atoms with van der Waals surface area (Å²) in [5, 5.41) is 13.2. The third kappa shape index (κ3) is 9.18. The summed E-state index contributed by atoms with van der Waals surface area (Å²) in [6.07, 6.45) is 3.13. The Morgan fingerprint density at radius 3 is 2.43 bits per heavy atom. The average molecular weight is 676 g/mol. The van der Waals surface area contributed by atoms with Gasteiger partial charge < -0.3 is 19.3 Å². The smallest absolute Gasteiger partial charge is 0.325 e. The van der Waals surface area contributed by atoms with Crippen LogP contribution < -0.4 is 14.8 Å². The Balaban J connectivity index is 0.00000484. The van der Waals surface area contributed by atoms with Crippen LogP contribution in [-0.2, 0) is 29.3 Å². The Morgan fingerprint density at radius 2 is 1.74 bits per heavy atom. The van der Waals surface area contributed by atoms with Gasteiger partial charge in [0.25, 0.3) is 0 Å². The number of aliphatic hydroxyl groups excluding tert-OH is 1. The van der Waals surface area contributed by atoms with Gasteiger partial charge in [-0.1, -0.05) is 66.2 Å². The highest BCUT2D eigenvalue weighted by Gasteiger charge is 2.21. The fourth-order valence-electron chi connectivity index (χ4n) is 4.06. The van der Waals surface area contributed by atoms with Gasteiger partial charge in [0.2, 0.25) is 0 Å². The van der Waals surface area contributed by atoms with Crippen molar-refractivity contribution < 1.29 is 24.1 Å². The molecule has 1 atom stereocenters. The number of ether oxygens (including phenoxy) is 3. The molecule has 4 aromatic rings. The maximum atomic E-state index is 12.4. The Kier molecular flexibility index (Phi) is 13.1. The van der Waals surface area contributed by atoms with Gasteiger partial charge in [0, 0.05) is 46.2 Å². The van der Waals surface area contributed by atoms with Crippen LogP contribution in [-0.4, -0.2) is 34.8 Å². The summed E-state index contributed by atoms with van der Waals surface area (Å²) in [5.41, 5.74) is 4.70. The minimum absolute atomic E-state index is 0. The summed E-state index contributed by atoms with van der Waals surface area (Å²) in [6.45, 7) is 3.84. The van der Waals surface area contributed by atoms with Gasteiger partial charge in [0.15, 0.2) is 0 Å². The van der Waals surface area contributed by atoms with Crippen molar-refractivity contribution in [3.8, 4) is 22.6 Å². The number of halogens is 3. The molecule has 0 aliphatic rings. The predicted octanol–water partition coefficient (Wildman–Crippen LogP) is 7.15. The van der Waals surface area contributed by atoms with E-state index in [0.29, 0.717) is 22.1 Å². The second kappa shape index (κ2) is 16.5. The highest BCUT2D eigenvalue weighted by molar-refractivity contribution is 9.10. The van der Waals surface area contributed by atoms with E-state index >= 15 is 0 Å². The van der Waals surface area contributed by atoms with Crippen molar-refractivity contribution >= 4 is 45.9 Å². The minimum atomic E-state index is -0.896. The van der Waals surface area contributed by atoms with Crippen LogP contribution >= 0.6 is 39.9 Å². The van der Waals surface area contributed by atoms with Crippen LogP contribution in [0.3, 0.4) is 0 Å². The van der Waals surface area contributed by atoms with E-state index < -0.39 is 18.6 Å². The van der Waals surface area contributed by atoms with Crippen LogP contribution in [0.25, 0.3) is 11.1 Å². The molecule has 0 aliphatic carbocycles. The number of carbonyl (C=O) groups is 1. The molecule has 7 nitrogen and oxygen atoms in total. The molecule has 1 heterocycles. The number of esters is 1. The molecule has 0 spiro atoms. The largest absolute Gasteiger partial charge is 0.488 e. The zero-order chi connectivity index (χ0) is 29.2. The van der Waals surface area contributed by atoms with Gasteiger partial charge in [-0.25, -0.2) is 0 Å². The standard InChI is InChI=1S/C32H32BrClN2O5.ClH/c1-21(2)41-32(38)28(18-37)36-17-25-14-27(34)30(15-29(25)39-19-22-8-7-13-35-16-22)40-20-24-11-6-12-26(31(24)33)23-9-4-3-5-10-23;/h3-16,21,28,36-37H,17-20H2,1-2H3;1H/t28-;/m0./s1. The quantitative estimate of drug-likeness (QED) is 0.146. The number of pyridine rings is 1. The number of carbonyl (C=O) groups excluding carboxylic acids is 1. The summed E-state index contributed by atoms with van der Waals surface area (Å²) in [6, 6.07) is 22.5. The van der Waals surface area contributed by atoms with E-state index in [4.69, 9.17) is 25.8 Å². The topological polar surface area (TPSA) is 89.9 Å². The summed E-state index contributed by atoms with van der Waals surface area (Å²) in [7, 11) is 0. The van der Waals surface area contributed by atoms with E-state index in [9.17, 15) is 9.90 Å². The lowest BCUT2D eigenvalue weighted by atomic mass is 10.0. The van der Waals surface area contributed by atoms with Crippen molar-refractivity contribution in [2.75, 3.05) is 6.61 Å². The highest BCUT2D eigenvalue weighted by Crippen LogP contribution is 2.36. The van der Waals surface area contributed by atoms with E-state index in [0.717, 1.165) is 26.7 Å². The maximum Gasteiger partial charge on any atom is 0.325 e. The highest BCUT2D eigenvalue weighted by atomic mass is 79.9. The molecule has 0 unspecified atom stereocenters. The minimum Gasteiger partial charge on any atom is -0.488 e. The van der Waals surface area contributed by atoms with Gasteiger partial charge in [0.05, 0.1) is 17.7 Å². The molecule has 4 rings (SSSR count). The first kappa shape index (κ1) is 33.4. The van der Waals surface area contributed by atoms with E-state index in [1.54, 1.807) is 38.4 Å². The summed E-state index contributed by atoms with van der Waals surface area (Å²) < 4.78 is 18.5. The number of aromatic nitrogens is 1. The molecule has 42 heavy (non-hydrogen) atoms. The van der Waals surface area contributed by atoms with E-state index in [2.05, 4.69) is 44.4 Å². The van der Waals surface area contributed by atoms with Crippen molar-refractivity contribution in [1.82, 2.24) is 10.3 Å². The molecule has 0 amide bonds. The lowest BCUT2D eigenvalue weighted by Gasteiger charge is -2.20. The molecule has 10 heteroatoms. The lowest BCUT2D eigenvalue weighted by molar-refractivity contribution is -0.151. The van der Waals surface area contributed by atoms with Crippen LogP contribution in [0.15, 0.2) is 89.7 Å². The third-order valence-corrected chi connectivity index (χ3v) is 7.37. The molecular formula is C32H33BrCl2N2O5. The lowest BCUT2D eigenvalue weighted by Crippen LogP contribution is -2.41. The van der Waals surface area contributed by atoms with Crippen LogP contribution in [0.2, 0.25) is 5.02 Å². The number of hydrogen-bond donors (Lipinski definition) is 2. The van der Waals surface area contributed by atoms with Crippen molar-refractivity contribution in [1.29, 1.82) is 0 Å². The van der Waals surface area contributed by atoms with Crippen molar-refractivity contribution in [3.05, 3.63) is 111 Å². The predicted molar refractivity (Wildman–Crippen MR) is 170 cm³/mol. The van der Waals surface area contributed by atoms with Crippen molar-refractivity contribution in [3.63, 3.8) is 0 Å². The Bertz CT molecular complexity index is 1440. The molecule has 0 saturated carbocycles. The third-order valence-electron chi connectivity index (χ3n) is 6.14. The number of nitrogens with zero attached hydrogens (tertiary/aromatic N) is 1. The molecule has 0 fully saturated rings. The zero-order valence-corrected chi connectivity index (χ0v) is 26.4. The Labute approximate surface area is 265 Å². The molecule has 0 radical (unpaired) electrons. The number of aliphatic hydroxyl groups is 1. The van der Waals surface area contributed by atoms with Gasteiger partial charge in [-0.2, -0.15) is 0 Å². The molecule has 2 N–H and O–H groups in total. The number of rotatable bonds is 13. The van der Waals surface area contributed by atoms with E-state index in [1.807, 2.05) is 42.5 Å². The zero-order valence-electron chi connectivity index (χ0n) is 23.3. The Hall–Kier alpha value is -3.14. The molecule has 3 aromatic carbocycles.